The molecule has 0 saturated heterocycles. The van der Waals surface area contributed by atoms with Gasteiger partial charge in [0.05, 0.1) is 11.5 Å². The first kappa shape index (κ1) is 20.3. The van der Waals surface area contributed by atoms with E-state index in [1.165, 1.54) is 24.0 Å². The smallest absolute Gasteiger partial charge is 0.322 e. The maximum absolute atomic E-state index is 12.2. The van der Waals surface area contributed by atoms with E-state index in [-0.39, 0.29) is 23.9 Å². The van der Waals surface area contributed by atoms with E-state index in [1.54, 1.807) is 24.3 Å². The Kier molecular flexibility index (Phi) is 5.94. The molecule has 8 heteroatoms. The first-order valence-corrected chi connectivity index (χ1v) is 11.8. The number of amides is 1. The number of nitrogens with zero attached hydrogens (tertiary/aromatic N) is 2. The van der Waals surface area contributed by atoms with Crippen LogP contribution in [0.25, 0.3) is 11.5 Å². The van der Waals surface area contributed by atoms with Gasteiger partial charge < -0.3 is 4.42 Å². The van der Waals surface area contributed by atoms with Gasteiger partial charge in [-0.05, 0) is 54.5 Å². The molecule has 1 aromatic heterocycles. The molecule has 4 rings (SSSR count). The molecule has 0 unspecified atom stereocenters. The minimum Gasteiger partial charge on any atom is -0.403 e. The van der Waals surface area contributed by atoms with Crippen LogP contribution >= 0.6 is 0 Å². The number of anilines is 1. The molecule has 3 aromatic rings. The van der Waals surface area contributed by atoms with Gasteiger partial charge in [0.2, 0.25) is 11.8 Å². The molecule has 0 fully saturated rings. The summed E-state index contributed by atoms with van der Waals surface area (Å²) >= 11 is 0. The summed E-state index contributed by atoms with van der Waals surface area (Å²) in [7, 11) is -3.40. The summed E-state index contributed by atoms with van der Waals surface area (Å²) in [6.45, 7) is 0. The lowest BCUT2D eigenvalue weighted by atomic mass is 9.90. The number of carbonyl (C=O) groups is 1. The molecule has 1 amide bonds. The Labute approximate surface area is 175 Å². The Morgan fingerprint density at radius 1 is 1.00 bits per heavy atom. The van der Waals surface area contributed by atoms with Crippen molar-refractivity contribution in [2.45, 2.75) is 37.9 Å². The number of carbonyl (C=O) groups excluding carboxylic acids is 1. The lowest BCUT2D eigenvalue weighted by Gasteiger charge is -2.15. The summed E-state index contributed by atoms with van der Waals surface area (Å²) in [5.41, 5.74) is 4.17. The van der Waals surface area contributed by atoms with Gasteiger partial charge in [-0.1, -0.05) is 41.5 Å². The van der Waals surface area contributed by atoms with Gasteiger partial charge in [0, 0.05) is 12.0 Å². The molecule has 0 bridgehead atoms. The third-order valence-corrected chi connectivity index (χ3v) is 6.74. The number of sulfone groups is 1. The normalized spacial score (nSPS) is 13.6. The Bertz CT molecular complexity index is 1140. The zero-order valence-corrected chi connectivity index (χ0v) is 17.3. The fraction of sp³-hybridized carbons (Fsp3) is 0.318. The van der Waals surface area contributed by atoms with E-state index in [4.69, 9.17) is 4.42 Å². The van der Waals surface area contributed by atoms with Gasteiger partial charge in [-0.3, -0.25) is 10.1 Å². The van der Waals surface area contributed by atoms with Crippen LogP contribution in [0.2, 0.25) is 0 Å². The van der Waals surface area contributed by atoms with Gasteiger partial charge in [0.1, 0.15) is 0 Å². The zero-order valence-electron chi connectivity index (χ0n) is 16.5. The second-order valence-electron chi connectivity index (χ2n) is 7.48. The van der Waals surface area contributed by atoms with Crippen LogP contribution in [0.1, 0.15) is 36.0 Å². The first-order chi connectivity index (χ1) is 14.5. The van der Waals surface area contributed by atoms with E-state index >= 15 is 0 Å². The van der Waals surface area contributed by atoms with Crippen LogP contribution in [0.3, 0.4) is 0 Å². The quantitative estimate of drug-likeness (QED) is 0.621. The molecular formula is C22H23N3O4S. The molecule has 1 heterocycles. The maximum Gasteiger partial charge on any atom is 0.322 e. The van der Waals surface area contributed by atoms with Crippen LogP contribution < -0.4 is 5.32 Å². The van der Waals surface area contributed by atoms with Crippen molar-refractivity contribution in [1.29, 1.82) is 0 Å². The van der Waals surface area contributed by atoms with Gasteiger partial charge in [-0.15, -0.1) is 5.10 Å². The van der Waals surface area contributed by atoms with E-state index in [1.807, 2.05) is 12.1 Å². The minimum absolute atomic E-state index is 0.0341. The summed E-state index contributed by atoms with van der Waals surface area (Å²) in [5, 5.41) is 10.3. The third-order valence-electron chi connectivity index (χ3n) is 5.14. The topological polar surface area (TPSA) is 102 Å². The van der Waals surface area contributed by atoms with Crippen LogP contribution in [0, 0.1) is 0 Å². The largest absolute Gasteiger partial charge is 0.403 e. The van der Waals surface area contributed by atoms with Gasteiger partial charge in [0.15, 0.2) is 9.84 Å². The fourth-order valence-electron chi connectivity index (χ4n) is 3.59. The highest BCUT2D eigenvalue weighted by molar-refractivity contribution is 7.90. The Balaban J connectivity index is 1.34. The van der Waals surface area contributed by atoms with Crippen molar-refractivity contribution in [1.82, 2.24) is 10.2 Å². The third kappa shape index (κ3) is 5.13. The van der Waals surface area contributed by atoms with Gasteiger partial charge >= 0.3 is 6.01 Å². The molecule has 156 valence electrons. The van der Waals surface area contributed by atoms with Crippen molar-refractivity contribution in [3.8, 4) is 11.5 Å². The number of hydrogen-bond acceptors (Lipinski definition) is 6. The highest BCUT2D eigenvalue weighted by Gasteiger charge is 2.17. The van der Waals surface area contributed by atoms with Gasteiger partial charge in [-0.25, -0.2) is 8.42 Å². The molecule has 30 heavy (non-hydrogen) atoms. The first-order valence-electron chi connectivity index (χ1n) is 9.98. The summed E-state index contributed by atoms with van der Waals surface area (Å²) < 4.78 is 30.0. The number of hydrogen-bond donors (Lipinski definition) is 1. The molecule has 7 nitrogen and oxygen atoms in total. The number of fused-ring (bicyclic) bond motifs is 1. The van der Waals surface area contributed by atoms with Crippen molar-refractivity contribution in [2.75, 3.05) is 11.1 Å². The summed E-state index contributed by atoms with van der Waals surface area (Å²) in [4.78, 5) is 12.1. The Hall–Kier alpha value is -3.00. The van der Waals surface area contributed by atoms with Crippen molar-refractivity contribution in [2.24, 2.45) is 0 Å². The monoisotopic (exact) mass is 425 g/mol. The number of nitrogens with one attached hydrogen (secondary N) is 1. The summed E-state index contributed by atoms with van der Waals surface area (Å²) in [6.07, 6.45) is 4.34. The number of aromatic nitrogens is 2. The van der Waals surface area contributed by atoms with Crippen molar-refractivity contribution in [3.05, 3.63) is 65.2 Å². The molecule has 1 aliphatic carbocycles. The number of aryl methyl sites for hydroxylation is 2. The van der Waals surface area contributed by atoms with Crippen LogP contribution in [0.5, 0.6) is 0 Å². The second kappa shape index (κ2) is 8.79. The average molecular weight is 426 g/mol. The van der Waals surface area contributed by atoms with E-state index in [0.29, 0.717) is 11.5 Å². The molecular weight excluding hydrogens is 402 g/mol. The highest BCUT2D eigenvalue weighted by atomic mass is 32.2. The lowest BCUT2D eigenvalue weighted by molar-refractivity contribution is -0.115. The fourth-order valence-corrected chi connectivity index (χ4v) is 4.93. The van der Waals surface area contributed by atoms with Gasteiger partial charge in [0.25, 0.3) is 0 Å². The van der Waals surface area contributed by atoms with Crippen molar-refractivity contribution >= 4 is 21.8 Å². The lowest BCUT2D eigenvalue weighted by Crippen LogP contribution is -2.18. The van der Waals surface area contributed by atoms with Crippen LogP contribution in [-0.2, 0) is 33.2 Å². The summed E-state index contributed by atoms with van der Waals surface area (Å²) in [5.74, 6) is -0.494. The Morgan fingerprint density at radius 3 is 2.57 bits per heavy atom. The van der Waals surface area contributed by atoms with Crippen LogP contribution in [0.15, 0.2) is 52.9 Å². The number of benzene rings is 2. The molecule has 0 spiro atoms. The van der Waals surface area contributed by atoms with Crippen molar-refractivity contribution < 1.29 is 17.6 Å². The maximum atomic E-state index is 12.2. The molecule has 0 aliphatic heterocycles. The van der Waals surface area contributed by atoms with E-state index < -0.39 is 15.7 Å². The molecule has 0 atom stereocenters. The second-order valence-corrected chi connectivity index (χ2v) is 9.66. The van der Waals surface area contributed by atoms with E-state index in [2.05, 4.69) is 27.6 Å². The van der Waals surface area contributed by atoms with E-state index in [9.17, 15) is 13.2 Å². The van der Waals surface area contributed by atoms with Crippen molar-refractivity contribution in [3.63, 3.8) is 0 Å². The number of rotatable bonds is 7. The average Bonchev–Trinajstić information content (AvgIpc) is 3.21. The predicted molar refractivity (Wildman–Crippen MR) is 114 cm³/mol. The molecule has 0 radical (unpaired) electrons. The minimum atomic E-state index is -3.40. The van der Waals surface area contributed by atoms with Gasteiger partial charge in [-0.2, -0.15) is 0 Å². The van der Waals surface area contributed by atoms with Crippen LogP contribution in [-0.4, -0.2) is 30.3 Å². The molecule has 1 N–H and O–H groups in total. The van der Waals surface area contributed by atoms with Crippen LogP contribution in [0.4, 0.5) is 6.01 Å². The summed E-state index contributed by atoms with van der Waals surface area (Å²) in [6, 6.07) is 14.9. The zero-order chi connectivity index (χ0) is 21.0. The standard InChI is InChI=1S/C22H23N3O4S/c26-20(12-13-30(27,28)15-16-6-2-1-3-7-16)23-22-25-24-21(29-22)19-11-10-17-8-4-5-9-18(17)14-19/h1-3,6-7,10-11,14H,4-5,8-9,12-13,15H2,(H,23,25,26). The molecule has 1 aliphatic rings. The highest BCUT2D eigenvalue weighted by Crippen LogP contribution is 2.27. The van der Waals surface area contributed by atoms with E-state index in [0.717, 1.165) is 18.4 Å². The molecule has 2 aromatic carbocycles. The predicted octanol–water partition coefficient (Wildman–Crippen LogP) is 3.56. The Morgan fingerprint density at radius 2 is 1.77 bits per heavy atom. The molecule has 0 saturated carbocycles. The SMILES string of the molecule is O=C(CCS(=O)(=O)Cc1ccccc1)Nc1nnc(-c2ccc3c(c2)CCCC3)o1.